The van der Waals surface area contributed by atoms with Gasteiger partial charge in [-0.05, 0) is 49.1 Å². The first-order valence-electron chi connectivity index (χ1n) is 8.62. The lowest BCUT2D eigenvalue weighted by atomic mass is 9.97. The molecule has 0 radical (unpaired) electrons. The van der Waals surface area contributed by atoms with Crippen LogP contribution in [0.5, 0.6) is 0 Å². The highest BCUT2D eigenvalue weighted by atomic mass is 35.5. The molecule has 0 atom stereocenters. The maximum atomic E-state index is 12.0. The molecule has 0 aliphatic carbocycles. The van der Waals surface area contributed by atoms with Crippen LogP contribution in [-0.2, 0) is 9.59 Å². The summed E-state index contributed by atoms with van der Waals surface area (Å²) in [7, 11) is 0. The van der Waals surface area contributed by atoms with E-state index >= 15 is 0 Å². The molecule has 3 rings (SSSR count). The molecule has 1 fully saturated rings. The van der Waals surface area contributed by atoms with Crippen molar-refractivity contribution in [2.24, 2.45) is 5.92 Å². The molecule has 136 valence electrons. The van der Waals surface area contributed by atoms with Crippen LogP contribution in [0.3, 0.4) is 0 Å². The van der Waals surface area contributed by atoms with Crippen LogP contribution in [0.4, 0.5) is 11.5 Å². The fraction of sp³-hybridized carbons (Fsp3) is 0.316. The predicted molar refractivity (Wildman–Crippen MR) is 102 cm³/mol. The molecule has 0 unspecified atom stereocenters. The van der Waals surface area contributed by atoms with Crippen LogP contribution in [0.2, 0.25) is 5.02 Å². The van der Waals surface area contributed by atoms with Crippen molar-refractivity contribution >= 4 is 34.9 Å². The van der Waals surface area contributed by atoms with E-state index in [0.29, 0.717) is 23.2 Å². The lowest BCUT2D eigenvalue weighted by Crippen LogP contribution is -2.42. The summed E-state index contributed by atoms with van der Waals surface area (Å²) >= 11 is 5.87. The van der Waals surface area contributed by atoms with Crippen molar-refractivity contribution in [3.05, 3.63) is 53.7 Å². The molecule has 26 heavy (non-hydrogen) atoms. The van der Waals surface area contributed by atoms with Crippen molar-refractivity contribution in [2.45, 2.75) is 12.8 Å². The van der Waals surface area contributed by atoms with E-state index < -0.39 is 11.8 Å². The van der Waals surface area contributed by atoms with Gasteiger partial charge in [0.05, 0.1) is 0 Å². The molecule has 2 heterocycles. The maximum Gasteiger partial charge on any atom is 0.313 e. The number of piperidine rings is 1. The number of pyridine rings is 1. The number of nitrogens with one attached hydrogen (secondary N) is 2. The molecule has 6 nitrogen and oxygen atoms in total. The highest BCUT2D eigenvalue weighted by molar-refractivity contribution is 6.39. The second kappa shape index (κ2) is 8.67. The van der Waals surface area contributed by atoms with E-state index in [4.69, 9.17) is 11.6 Å². The SMILES string of the molecule is O=C(NCC1CCN(c2ccccn2)CC1)C(=O)Nc1cccc(Cl)c1. The van der Waals surface area contributed by atoms with Crippen molar-refractivity contribution < 1.29 is 9.59 Å². The average Bonchev–Trinajstić information content (AvgIpc) is 2.67. The summed E-state index contributed by atoms with van der Waals surface area (Å²) in [5.74, 6) is 0.0316. The average molecular weight is 373 g/mol. The van der Waals surface area contributed by atoms with Gasteiger partial charge in [-0.3, -0.25) is 9.59 Å². The normalized spacial score (nSPS) is 14.7. The molecule has 1 aliphatic rings. The summed E-state index contributed by atoms with van der Waals surface area (Å²) in [6, 6.07) is 12.6. The van der Waals surface area contributed by atoms with E-state index in [-0.39, 0.29) is 0 Å². The number of carbonyl (C=O) groups is 2. The molecule has 0 spiro atoms. The number of benzene rings is 1. The van der Waals surface area contributed by atoms with Crippen molar-refractivity contribution in [2.75, 3.05) is 29.9 Å². The summed E-state index contributed by atoms with van der Waals surface area (Å²) in [6.45, 7) is 2.29. The minimum absolute atomic E-state index is 0.359. The Morgan fingerprint density at radius 2 is 1.92 bits per heavy atom. The van der Waals surface area contributed by atoms with E-state index in [1.54, 1.807) is 30.5 Å². The van der Waals surface area contributed by atoms with E-state index in [9.17, 15) is 9.59 Å². The van der Waals surface area contributed by atoms with Crippen LogP contribution in [0.25, 0.3) is 0 Å². The van der Waals surface area contributed by atoms with Crippen LogP contribution in [0, 0.1) is 5.92 Å². The highest BCUT2D eigenvalue weighted by Gasteiger charge is 2.22. The minimum atomic E-state index is -0.682. The van der Waals surface area contributed by atoms with Crippen LogP contribution >= 0.6 is 11.6 Å². The number of aromatic nitrogens is 1. The number of hydrogen-bond donors (Lipinski definition) is 2. The monoisotopic (exact) mass is 372 g/mol. The third-order valence-electron chi connectivity index (χ3n) is 4.43. The lowest BCUT2D eigenvalue weighted by molar-refractivity contribution is -0.136. The van der Waals surface area contributed by atoms with Crippen molar-refractivity contribution in [3.8, 4) is 0 Å². The van der Waals surface area contributed by atoms with Crippen molar-refractivity contribution in [3.63, 3.8) is 0 Å². The molecule has 0 saturated carbocycles. The van der Waals surface area contributed by atoms with Gasteiger partial charge in [0, 0.05) is 36.5 Å². The van der Waals surface area contributed by atoms with Gasteiger partial charge in [-0.15, -0.1) is 0 Å². The second-order valence-electron chi connectivity index (χ2n) is 6.29. The fourth-order valence-electron chi connectivity index (χ4n) is 2.98. The van der Waals surface area contributed by atoms with Crippen LogP contribution in [0.15, 0.2) is 48.7 Å². The molecular weight excluding hydrogens is 352 g/mol. The number of anilines is 2. The predicted octanol–water partition coefficient (Wildman–Crippen LogP) is 2.71. The fourth-order valence-corrected chi connectivity index (χ4v) is 3.17. The summed E-state index contributed by atoms with van der Waals surface area (Å²) in [5.41, 5.74) is 0.501. The Morgan fingerprint density at radius 3 is 2.62 bits per heavy atom. The van der Waals surface area contributed by atoms with Gasteiger partial charge in [0.2, 0.25) is 0 Å². The van der Waals surface area contributed by atoms with Gasteiger partial charge in [0.25, 0.3) is 0 Å². The Bertz CT molecular complexity index is 761. The van der Waals surface area contributed by atoms with Gasteiger partial charge in [-0.25, -0.2) is 4.98 Å². The molecule has 1 aliphatic heterocycles. The summed E-state index contributed by atoms with van der Waals surface area (Å²) in [5, 5.41) is 5.77. The zero-order valence-electron chi connectivity index (χ0n) is 14.3. The van der Waals surface area contributed by atoms with E-state index in [0.717, 1.165) is 31.7 Å². The van der Waals surface area contributed by atoms with Gasteiger partial charge < -0.3 is 15.5 Å². The Morgan fingerprint density at radius 1 is 1.12 bits per heavy atom. The summed E-state index contributed by atoms with van der Waals surface area (Å²) < 4.78 is 0. The Kier molecular flexibility index (Phi) is 6.07. The first-order valence-corrected chi connectivity index (χ1v) is 9.00. The molecule has 7 heteroatoms. The largest absolute Gasteiger partial charge is 0.357 e. The third-order valence-corrected chi connectivity index (χ3v) is 4.66. The number of rotatable bonds is 4. The summed E-state index contributed by atoms with van der Waals surface area (Å²) in [6.07, 6.45) is 3.69. The van der Waals surface area contributed by atoms with Gasteiger partial charge in [0.1, 0.15) is 5.82 Å². The minimum Gasteiger partial charge on any atom is -0.357 e. The van der Waals surface area contributed by atoms with Gasteiger partial charge in [0.15, 0.2) is 0 Å². The van der Waals surface area contributed by atoms with Crippen molar-refractivity contribution in [1.29, 1.82) is 0 Å². The number of halogens is 1. The number of hydrogen-bond acceptors (Lipinski definition) is 4. The quantitative estimate of drug-likeness (QED) is 0.809. The molecule has 1 aromatic heterocycles. The van der Waals surface area contributed by atoms with Gasteiger partial charge in [-0.1, -0.05) is 23.7 Å². The lowest BCUT2D eigenvalue weighted by Gasteiger charge is -2.32. The van der Waals surface area contributed by atoms with E-state index in [1.165, 1.54) is 0 Å². The zero-order valence-corrected chi connectivity index (χ0v) is 15.1. The third kappa shape index (κ3) is 4.95. The molecule has 2 N–H and O–H groups in total. The number of nitrogens with zero attached hydrogens (tertiary/aromatic N) is 2. The molecule has 2 aromatic rings. The number of amides is 2. The Hall–Kier alpha value is -2.60. The molecule has 2 amide bonds. The Labute approximate surface area is 157 Å². The number of carbonyl (C=O) groups excluding carboxylic acids is 2. The molecular formula is C19H21ClN4O2. The molecule has 1 saturated heterocycles. The smallest absolute Gasteiger partial charge is 0.313 e. The van der Waals surface area contributed by atoms with Crippen LogP contribution in [-0.4, -0.2) is 36.4 Å². The maximum absolute atomic E-state index is 12.0. The van der Waals surface area contributed by atoms with E-state index in [2.05, 4.69) is 20.5 Å². The summed E-state index contributed by atoms with van der Waals surface area (Å²) in [4.78, 5) is 30.5. The van der Waals surface area contributed by atoms with Gasteiger partial charge >= 0.3 is 11.8 Å². The van der Waals surface area contributed by atoms with E-state index in [1.807, 2.05) is 18.2 Å². The molecule has 0 bridgehead atoms. The van der Waals surface area contributed by atoms with Gasteiger partial charge in [-0.2, -0.15) is 0 Å². The van der Waals surface area contributed by atoms with Crippen LogP contribution in [0.1, 0.15) is 12.8 Å². The van der Waals surface area contributed by atoms with Crippen molar-refractivity contribution in [1.82, 2.24) is 10.3 Å². The zero-order chi connectivity index (χ0) is 18.4. The first-order chi connectivity index (χ1) is 12.6. The molecule has 1 aromatic carbocycles. The Balaban J connectivity index is 1.42. The second-order valence-corrected chi connectivity index (χ2v) is 6.73. The topological polar surface area (TPSA) is 74.3 Å². The van der Waals surface area contributed by atoms with Crippen LogP contribution < -0.4 is 15.5 Å². The first kappa shape index (κ1) is 18.2. The highest BCUT2D eigenvalue weighted by Crippen LogP contribution is 2.21. The standard InChI is InChI=1S/C19H21ClN4O2/c20-15-4-3-5-16(12-15)23-19(26)18(25)22-13-14-7-10-24(11-8-14)17-6-1-2-9-21-17/h1-6,9,12,14H,7-8,10-11,13H2,(H,22,25)(H,23,26).